The largest absolute Gasteiger partial charge is 0.368 e. The van der Waals surface area contributed by atoms with Crippen molar-refractivity contribution in [1.82, 2.24) is 19.9 Å². The van der Waals surface area contributed by atoms with Gasteiger partial charge in [0.1, 0.15) is 17.7 Å². The molecule has 4 heterocycles. The number of fused-ring (bicyclic) bond motifs is 1. The van der Waals surface area contributed by atoms with Gasteiger partial charge in [-0.05, 0) is 43.2 Å². The molecule has 1 aromatic carbocycles. The maximum Gasteiger partial charge on any atom is 0.178 e. The number of hydrogen-bond acceptors (Lipinski definition) is 6. The van der Waals surface area contributed by atoms with Crippen LogP contribution in [0.1, 0.15) is 18.9 Å². The highest BCUT2D eigenvalue weighted by atomic mass is 19.1. The van der Waals surface area contributed by atoms with Gasteiger partial charge in [0.25, 0.3) is 0 Å². The smallest absolute Gasteiger partial charge is 0.178 e. The normalized spacial score (nSPS) is 18.5. The van der Waals surface area contributed by atoms with E-state index in [0.717, 1.165) is 35.3 Å². The fourth-order valence-corrected chi connectivity index (χ4v) is 4.11. The van der Waals surface area contributed by atoms with Crippen LogP contribution in [0.4, 0.5) is 10.1 Å². The Morgan fingerprint density at radius 1 is 1.26 bits per heavy atom. The minimum absolute atomic E-state index is 0.00752. The summed E-state index contributed by atoms with van der Waals surface area (Å²) in [6, 6.07) is 10.2. The van der Waals surface area contributed by atoms with Crippen LogP contribution >= 0.6 is 0 Å². The number of hydrogen-bond donors (Lipinski definition) is 2. The van der Waals surface area contributed by atoms with E-state index in [2.05, 4.69) is 24.8 Å². The Morgan fingerprint density at radius 2 is 2.10 bits per heavy atom. The van der Waals surface area contributed by atoms with Crippen LogP contribution in [0.3, 0.4) is 0 Å². The molecule has 0 amide bonds. The van der Waals surface area contributed by atoms with Crippen molar-refractivity contribution in [2.45, 2.75) is 18.9 Å². The SMILES string of the molecule is C[C@]1(N)CCN(c2c(-c3ccc(F)c(C#N)c3)cncc2-c2nc3ncccc3[nH]2)C1. The van der Waals surface area contributed by atoms with Crippen molar-refractivity contribution in [3.63, 3.8) is 0 Å². The summed E-state index contributed by atoms with van der Waals surface area (Å²) < 4.78 is 14.0. The van der Waals surface area contributed by atoms with E-state index >= 15 is 0 Å². The molecule has 1 aliphatic heterocycles. The quantitative estimate of drug-likeness (QED) is 0.531. The summed E-state index contributed by atoms with van der Waals surface area (Å²) in [6.45, 7) is 3.45. The standard InChI is InChI=1S/C23H20FN7/c1-23(26)6-8-31(13-23)20-16(14-4-5-18(24)15(9-14)10-25)11-27-12-17(20)21-29-19-3-2-7-28-22(19)30-21/h2-5,7,9,11-12H,6,8,13,26H2,1H3,(H,28,29,30)/t23-/m0/s1. The molecule has 3 N–H and O–H groups in total. The average molecular weight is 413 g/mol. The number of nitrogens with zero attached hydrogens (tertiary/aromatic N) is 5. The van der Waals surface area contributed by atoms with Crippen LogP contribution in [0.2, 0.25) is 0 Å². The lowest BCUT2D eigenvalue weighted by Gasteiger charge is -2.26. The lowest BCUT2D eigenvalue weighted by atomic mass is 9.99. The van der Waals surface area contributed by atoms with Gasteiger partial charge in [0, 0.05) is 42.8 Å². The lowest BCUT2D eigenvalue weighted by Crippen LogP contribution is -2.39. The Morgan fingerprint density at radius 3 is 2.84 bits per heavy atom. The summed E-state index contributed by atoms with van der Waals surface area (Å²) in [6.07, 6.45) is 6.03. The maximum absolute atomic E-state index is 14.0. The number of halogens is 1. The van der Waals surface area contributed by atoms with E-state index in [9.17, 15) is 9.65 Å². The molecule has 154 valence electrons. The number of nitrogens with one attached hydrogen (secondary N) is 1. The summed E-state index contributed by atoms with van der Waals surface area (Å²) in [5.41, 5.74) is 10.7. The average Bonchev–Trinajstić information content (AvgIpc) is 3.36. The highest BCUT2D eigenvalue weighted by Gasteiger charge is 2.33. The van der Waals surface area contributed by atoms with Gasteiger partial charge in [0.2, 0.25) is 0 Å². The first kappa shape index (κ1) is 19.2. The van der Waals surface area contributed by atoms with Crippen molar-refractivity contribution in [3.8, 4) is 28.6 Å². The van der Waals surface area contributed by atoms with Crippen molar-refractivity contribution in [1.29, 1.82) is 5.26 Å². The van der Waals surface area contributed by atoms with Crippen molar-refractivity contribution < 1.29 is 4.39 Å². The maximum atomic E-state index is 14.0. The molecule has 0 spiro atoms. The van der Waals surface area contributed by atoms with E-state index in [1.54, 1.807) is 30.7 Å². The number of imidazole rings is 1. The van der Waals surface area contributed by atoms with Crippen LogP contribution in [0, 0.1) is 17.1 Å². The van der Waals surface area contributed by atoms with Crippen LogP contribution in [-0.4, -0.2) is 38.6 Å². The molecule has 0 aliphatic carbocycles. The van der Waals surface area contributed by atoms with E-state index < -0.39 is 5.82 Å². The number of rotatable bonds is 3. The van der Waals surface area contributed by atoms with Gasteiger partial charge in [0.15, 0.2) is 5.65 Å². The van der Waals surface area contributed by atoms with Gasteiger partial charge < -0.3 is 15.6 Å². The fraction of sp³-hybridized carbons (Fsp3) is 0.217. The molecule has 0 radical (unpaired) electrons. The number of nitriles is 1. The number of aromatic amines is 1. The molecule has 1 fully saturated rings. The fourth-order valence-electron chi connectivity index (χ4n) is 4.11. The Balaban J connectivity index is 1.74. The number of aromatic nitrogens is 4. The molecule has 1 saturated heterocycles. The number of H-pyrrole nitrogens is 1. The first-order chi connectivity index (χ1) is 14.9. The van der Waals surface area contributed by atoms with E-state index in [1.807, 2.05) is 25.1 Å². The summed E-state index contributed by atoms with van der Waals surface area (Å²) in [4.78, 5) is 18.9. The second-order valence-electron chi connectivity index (χ2n) is 8.18. The van der Waals surface area contributed by atoms with E-state index in [-0.39, 0.29) is 11.1 Å². The van der Waals surface area contributed by atoms with Crippen molar-refractivity contribution in [2.75, 3.05) is 18.0 Å². The molecule has 1 atom stereocenters. The van der Waals surface area contributed by atoms with Gasteiger partial charge in [-0.3, -0.25) is 4.98 Å². The Hall–Kier alpha value is -3.83. The molecule has 3 aromatic heterocycles. The van der Waals surface area contributed by atoms with Crippen LogP contribution < -0.4 is 10.6 Å². The zero-order valence-corrected chi connectivity index (χ0v) is 16.9. The summed E-state index contributed by atoms with van der Waals surface area (Å²) in [7, 11) is 0. The third kappa shape index (κ3) is 3.39. The monoisotopic (exact) mass is 413 g/mol. The van der Waals surface area contributed by atoms with E-state index in [0.29, 0.717) is 23.6 Å². The van der Waals surface area contributed by atoms with Gasteiger partial charge in [-0.25, -0.2) is 14.4 Å². The zero-order valence-electron chi connectivity index (χ0n) is 16.9. The minimum atomic E-state index is -0.545. The summed E-state index contributed by atoms with van der Waals surface area (Å²) in [5.74, 6) is 0.0993. The summed E-state index contributed by atoms with van der Waals surface area (Å²) in [5, 5.41) is 9.30. The molecule has 0 unspecified atom stereocenters. The second kappa shape index (κ2) is 7.15. The van der Waals surface area contributed by atoms with Crippen LogP contribution in [-0.2, 0) is 0 Å². The zero-order chi connectivity index (χ0) is 21.6. The first-order valence-corrected chi connectivity index (χ1v) is 9.98. The molecule has 4 aromatic rings. The third-order valence-corrected chi connectivity index (χ3v) is 5.65. The van der Waals surface area contributed by atoms with Gasteiger partial charge in [0.05, 0.1) is 22.3 Å². The molecule has 8 heteroatoms. The first-order valence-electron chi connectivity index (χ1n) is 9.98. The predicted molar refractivity (Wildman–Crippen MR) is 117 cm³/mol. The van der Waals surface area contributed by atoms with Gasteiger partial charge >= 0.3 is 0 Å². The van der Waals surface area contributed by atoms with Gasteiger partial charge in [-0.2, -0.15) is 5.26 Å². The van der Waals surface area contributed by atoms with Crippen molar-refractivity contribution >= 4 is 16.9 Å². The summed E-state index contributed by atoms with van der Waals surface area (Å²) >= 11 is 0. The molecule has 0 bridgehead atoms. The van der Waals surface area contributed by atoms with Crippen LogP contribution in [0.5, 0.6) is 0 Å². The number of benzene rings is 1. The Kier molecular flexibility index (Phi) is 4.41. The Bertz CT molecular complexity index is 1300. The third-order valence-electron chi connectivity index (χ3n) is 5.65. The Labute approximate surface area is 178 Å². The molecule has 1 aliphatic rings. The second-order valence-corrected chi connectivity index (χ2v) is 8.18. The molecular weight excluding hydrogens is 393 g/mol. The molecule has 31 heavy (non-hydrogen) atoms. The minimum Gasteiger partial charge on any atom is -0.368 e. The number of pyridine rings is 2. The molecule has 7 nitrogen and oxygen atoms in total. The lowest BCUT2D eigenvalue weighted by molar-refractivity contribution is 0.525. The van der Waals surface area contributed by atoms with Crippen LogP contribution in [0.15, 0.2) is 48.9 Å². The number of nitrogens with two attached hydrogens (primary N) is 1. The number of anilines is 1. The predicted octanol–water partition coefficient (Wildman–Crippen LogP) is 3.63. The van der Waals surface area contributed by atoms with E-state index in [4.69, 9.17) is 5.73 Å². The van der Waals surface area contributed by atoms with E-state index in [1.165, 1.54) is 6.07 Å². The molecular formula is C23H20FN7. The van der Waals surface area contributed by atoms with Gasteiger partial charge in [-0.15, -0.1) is 0 Å². The van der Waals surface area contributed by atoms with Crippen molar-refractivity contribution in [3.05, 3.63) is 60.3 Å². The van der Waals surface area contributed by atoms with Crippen LogP contribution in [0.25, 0.3) is 33.7 Å². The molecule has 0 saturated carbocycles. The highest BCUT2D eigenvalue weighted by Crippen LogP contribution is 2.41. The molecule has 5 rings (SSSR count). The van der Waals surface area contributed by atoms with Crippen molar-refractivity contribution in [2.24, 2.45) is 5.73 Å². The topological polar surface area (TPSA) is 108 Å². The van der Waals surface area contributed by atoms with Gasteiger partial charge in [-0.1, -0.05) is 6.07 Å². The highest BCUT2D eigenvalue weighted by molar-refractivity contribution is 5.90.